The largest absolute Gasteiger partial charge is 0.377 e. The van der Waals surface area contributed by atoms with E-state index in [4.69, 9.17) is 27.9 Å². The van der Waals surface area contributed by atoms with Crippen molar-refractivity contribution in [2.45, 2.75) is 23.8 Å². The Morgan fingerprint density at radius 1 is 1.18 bits per heavy atom. The fourth-order valence-electron chi connectivity index (χ4n) is 2.71. The highest BCUT2D eigenvalue weighted by Gasteiger charge is 2.23. The summed E-state index contributed by atoms with van der Waals surface area (Å²) in [5.41, 5.74) is 0.342. The Kier molecular flexibility index (Phi) is 6.57. The van der Waals surface area contributed by atoms with Crippen molar-refractivity contribution in [2.75, 3.05) is 18.5 Å². The van der Waals surface area contributed by atoms with Crippen molar-refractivity contribution < 1.29 is 22.3 Å². The second-order valence-electron chi connectivity index (χ2n) is 6.22. The van der Waals surface area contributed by atoms with Crippen LogP contribution in [0, 0.1) is 5.82 Å². The number of nitrogens with one attached hydrogen (secondary N) is 2. The molecule has 1 atom stereocenters. The zero-order chi connectivity index (χ0) is 20.3. The van der Waals surface area contributed by atoms with Gasteiger partial charge in [0.05, 0.1) is 16.1 Å². The number of hydrogen-bond acceptors (Lipinski definition) is 4. The first-order chi connectivity index (χ1) is 13.3. The number of sulfonamides is 1. The van der Waals surface area contributed by atoms with Gasteiger partial charge in [0.2, 0.25) is 10.0 Å². The van der Waals surface area contributed by atoms with Gasteiger partial charge in [-0.1, -0.05) is 23.2 Å². The lowest BCUT2D eigenvalue weighted by Gasteiger charge is -2.13. The average molecular weight is 447 g/mol. The van der Waals surface area contributed by atoms with E-state index in [2.05, 4.69) is 10.0 Å². The summed E-state index contributed by atoms with van der Waals surface area (Å²) in [4.78, 5) is 12.2. The molecule has 0 aliphatic carbocycles. The van der Waals surface area contributed by atoms with E-state index in [0.29, 0.717) is 6.61 Å². The number of carbonyl (C=O) groups excluding carboxylic acids is 1. The number of halogens is 3. The van der Waals surface area contributed by atoms with Gasteiger partial charge in [0.25, 0.3) is 5.91 Å². The maximum atomic E-state index is 13.2. The Morgan fingerprint density at radius 3 is 2.64 bits per heavy atom. The number of ether oxygens (including phenoxy) is 1. The molecule has 0 radical (unpaired) electrons. The van der Waals surface area contributed by atoms with Gasteiger partial charge in [0.1, 0.15) is 10.7 Å². The van der Waals surface area contributed by atoms with Crippen LogP contribution in [0.15, 0.2) is 41.3 Å². The van der Waals surface area contributed by atoms with E-state index in [-0.39, 0.29) is 38.8 Å². The quantitative estimate of drug-likeness (QED) is 0.705. The minimum absolute atomic E-state index is 0.0128. The van der Waals surface area contributed by atoms with E-state index in [1.54, 1.807) is 0 Å². The van der Waals surface area contributed by atoms with Crippen LogP contribution in [0.1, 0.15) is 23.2 Å². The van der Waals surface area contributed by atoms with E-state index in [1.807, 2.05) is 0 Å². The summed E-state index contributed by atoms with van der Waals surface area (Å²) in [7, 11) is -3.93. The minimum Gasteiger partial charge on any atom is -0.377 e. The molecule has 1 aliphatic heterocycles. The first-order valence-corrected chi connectivity index (χ1v) is 10.7. The summed E-state index contributed by atoms with van der Waals surface area (Å²) in [6.45, 7) is 0.735. The molecule has 0 spiro atoms. The minimum atomic E-state index is -3.93. The predicted octanol–water partition coefficient (Wildman–Crippen LogP) is 3.84. The van der Waals surface area contributed by atoms with E-state index in [9.17, 15) is 17.6 Å². The zero-order valence-electron chi connectivity index (χ0n) is 14.5. The molecule has 1 fully saturated rings. The summed E-state index contributed by atoms with van der Waals surface area (Å²) < 4.78 is 46.3. The van der Waals surface area contributed by atoms with Crippen LogP contribution < -0.4 is 10.0 Å². The van der Waals surface area contributed by atoms with Gasteiger partial charge in [-0.3, -0.25) is 4.79 Å². The van der Waals surface area contributed by atoms with Gasteiger partial charge >= 0.3 is 0 Å². The van der Waals surface area contributed by atoms with Crippen LogP contribution in [0.3, 0.4) is 0 Å². The predicted molar refractivity (Wildman–Crippen MR) is 105 cm³/mol. The average Bonchev–Trinajstić information content (AvgIpc) is 3.17. The molecule has 10 heteroatoms. The maximum absolute atomic E-state index is 13.2. The van der Waals surface area contributed by atoms with Crippen molar-refractivity contribution in [3.05, 3.63) is 57.8 Å². The highest BCUT2D eigenvalue weighted by molar-refractivity contribution is 7.89. The van der Waals surface area contributed by atoms with Gasteiger partial charge in [-0.05, 0) is 49.2 Å². The van der Waals surface area contributed by atoms with Crippen LogP contribution in [-0.4, -0.2) is 33.6 Å². The third-order valence-corrected chi connectivity index (χ3v) is 6.38. The number of rotatable bonds is 6. The SMILES string of the molecule is O=C(Nc1ccc(F)c(Cl)c1)c1ccc(Cl)c(S(=O)(=O)NC[C@@H]2CCCO2)c1. The topological polar surface area (TPSA) is 84.5 Å². The van der Waals surface area contributed by atoms with Gasteiger partial charge in [-0.15, -0.1) is 0 Å². The van der Waals surface area contributed by atoms with Crippen LogP contribution >= 0.6 is 23.2 Å². The smallest absolute Gasteiger partial charge is 0.255 e. The van der Waals surface area contributed by atoms with E-state index < -0.39 is 21.7 Å². The summed E-state index contributed by atoms with van der Waals surface area (Å²) in [6, 6.07) is 7.61. The number of hydrogen-bond donors (Lipinski definition) is 2. The fourth-order valence-corrected chi connectivity index (χ4v) is 4.48. The Labute approximate surface area is 172 Å². The van der Waals surface area contributed by atoms with Crippen molar-refractivity contribution in [2.24, 2.45) is 0 Å². The fraction of sp³-hybridized carbons (Fsp3) is 0.278. The maximum Gasteiger partial charge on any atom is 0.255 e. The molecule has 0 bridgehead atoms. The standard InChI is InChI=1S/C18H17Cl2FN2O4S/c19-14-5-3-11(18(24)23-12-4-6-16(21)15(20)9-12)8-17(14)28(25,26)22-10-13-2-1-7-27-13/h3-6,8-9,13,22H,1-2,7,10H2,(H,23,24)/t13-/m0/s1. The summed E-state index contributed by atoms with van der Waals surface area (Å²) >= 11 is 11.7. The van der Waals surface area contributed by atoms with Crippen LogP contribution in [0.2, 0.25) is 10.0 Å². The molecule has 1 saturated heterocycles. The van der Waals surface area contributed by atoms with Gasteiger partial charge in [0.15, 0.2) is 0 Å². The van der Waals surface area contributed by atoms with E-state index in [1.165, 1.54) is 30.3 Å². The lowest BCUT2D eigenvalue weighted by atomic mass is 10.2. The van der Waals surface area contributed by atoms with Crippen molar-refractivity contribution in [3.8, 4) is 0 Å². The molecule has 2 aromatic carbocycles. The highest BCUT2D eigenvalue weighted by atomic mass is 35.5. The number of benzene rings is 2. The Morgan fingerprint density at radius 2 is 1.96 bits per heavy atom. The van der Waals surface area contributed by atoms with Crippen molar-refractivity contribution in [3.63, 3.8) is 0 Å². The Balaban J connectivity index is 1.77. The molecule has 0 unspecified atom stereocenters. The Bertz CT molecular complexity index is 995. The molecule has 6 nitrogen and oxygen atoms in total. The Hall–Kier alpha value is -1.71. The van der Waals surface area contributed by atoms with Gasteiger partial charge in [0, 0.05) is 24.4 Å². The van der Waals surface area contributed by atoms with Gasteiger partial charge in [-0.25, -0.2) is 17.5 Å². The van der Waals surface area contributed by atoms with Crippen molar-refractivity contribution >= 4 is 44.8 Å². The van der Waals surface area contributed by atoms with Gasteiger partial charge in [-0.2, -0.15) is 0 Å². The molecule has 3 rings (SSSR count). The van der Waals surface area contributed by atoms with Crippen molar-refractivity contribution in [1.82, 2.24) is 4.72 Å². The molecule has 150 valence electrons. The van der Waals surface area contributed by atoms with Crippen molar-refractivity contribution in [1.29, 1.82) is 0 Å². The summed E-state index contributed by atoms with van der Waals surface area (Å²) in [6.07, 6.45) is 1.48. The third kappa shape index (κ3) is 5.01. The first kappa shape index (κ1) is 21.0. The second kappa shape index (κ2) is 8.75. The molecule has 1 heterocycles. The normalized spacial score (nSPS) is 16.9. The number of anilines is 1. The van der Waals surface area contributed by atoms with E-state index in [0.717, 1.165) is 18.9 Å². The molecule has 1 aliphatic rings. The first-order valence-electron chi connectivity index (χ1n) is 8.43. The molecule has 28 heavy (non-hydrogen) atoms. The lowest BCUT2D eigenvalue weighted by Crippen LogP contribution is -2.32. The highest BCUT2D eigenvalue weighted by Crippen LogP contribution is 2.24. The lowest BCUT2D eigenvalue weighted by molar-refractivity contribution is 0.102. The van der Waals surface area contributed by atoms with E-state index >= 15 is 0 Å². The molecule has 2 aromatic rings. The summed E-state index contributed by atoms with van der Waals surface area (Å²) in [5, 5.41) is 2.38. The van der Waals surface area contributed by atoms with Crippen LogP contribution in [0.25, 0.3) is 0 Å². The van der Waals surface area contributed by atoms with Gasteiger partial charge < -0.3 is 10.1 Å². The number of amides is 1. The van der Waals surface area contributed by atoms with Crippen LogP contribution in [0.5, 0.6) is 0 Å². The molecular formula is C18H17Cl2FN2O4S. The van der Waals surface area contributed by atoms with Crippen LogP contribution in [0.4, 0.5) is 10.1 Å². The molecule has 0 saturated carbocycles. The van der Waals surface area contributed by atoms with Crippen LogP contribution in [-0.2, 0) is 14.8 Å². The third-order valence-electron chi connectivity index (χ3n) is 4.19. The molecular weight excluding hydrogens is 430 g/mol. The second-order valence-corrected chi connectivity index (χ2v) is 8.76. The molecule has 0 aromatic heterocycles. The molecule has 2 N–H and O–H groups in total. The molecule has 1 amide bonds. The zero-order valence-corrected chi connectivity index (χ0v) is 16.9. The monoisotopic (exact) mass is 446 g/mol. The summed E-state index contributed by atoms with van der Waals surface area (Å²) in [5.74, 6) is -1.20. The number of carbonyl (C=O) groups is 1.